The second-order valence-corrected chi connectivity index (χ2v) is 12.5. The first kappa shape index (κ1) is 32.8. The van der Waals surface area contributed by atoms with E-state index in [0.29, 0.717) is 23.6 Å². The quantitative estimate of drug-likeness (QED) is 0.317. The van der Waals surface area contributed by atoms with E-state index in [9.17, 15) is 49.8 Å². The van der Waals surface area contributed by atoms with Crippen LogP contribution in [0.2, 0.25) is 0 Å². The molecule has 0 bridgehead atoms. The summed E-state index contributed by atoms with van der Waals surface area (Å²) in [6.45, 7) is 4.51. The Labute approximate surface area is 244 Å². The zero-order valence-electron chi connectivity index (χ0n) is 23.3. The van der Waals surface area contributed by atoms with Crippen molar-refractivity contribution in [2.75, 3.05) is 11.9 Å². The highest BCUT2D eigenvalue weighted by Crippen LogP contribution is 2.45. The smallest absolute Gasteiger partial charge is 0.388 e. The number of alkyl halides is 8. The lowest BCUT2D eigenvalue weighted by molar-refractivity contribution is -0.146. The molecule has 3 N–H and O–H groups in total. The second-order valence-electron chi connectivity index (χ2n) is 11.5. The highest BCUT2D eigenvalue weighted by molar-refractivity contribution is 7.17. The number of nitrogens with zero attached hydrogens (tertiary/aromatic N) is 3. The largest absolute Gasteiger partial charge is 0.417 e. The van der Waals surface area contributed by atoms with Crippen molar-refractivity contribution < 1.29 is 49.8 Å². The number of anilines is 1. The summed E-state index contributed by atoms with van der Waals surface area (Å²) in [5, 5.41) is 14.1. The fourth-order valence-electron chi connectivity index (χ4n) is 4.61. The molecule has 0 radical (unpaired) electrons. The first-order valence-corrected chi connectivity index (χ1v) is 14.0. The van der Waals surface area contributed by atoms with Gasteiger partial charge in [0.2, 0.25) is 0 Å². The molecule has 1 saturated heterocycles. The Kier molecular flexibility index (Phi) is 8.49. The van der Waals surface area contributed by atoms with Gasteiger partial charge in [0.1, 0.15) is 17.6 Å². The zero-order valence-corrected chi connectivity index (χ0v) is 24.1. The van der Waals surface area contributed by atoms with Crippen LogP contribution in [0.4, 0.5) is 40.9 Å². The van der Waals surface area contributed by atoms with Crippen LogP contribution in [-0.2, 0) is 6.18 Å². The summed E-state index contributed by atoms with van der Waals surface area (Å²) >= 11 is 0.351. The van der Waals surface area contributed by atoms with Crippen molar-refractivity contribution in [3.63, 3.8) is 0 Å². The third kappa shape index (κ3) is 7.36. The van der Waals surface area contributed by atoms with Crippen molar-refractivity contribution in [1.82, 2.24) is 20.2 Å². The number of halogens is 8. The van der Waals surface area contributed by atoms with Crippen LogP contribution in [-0.4, -0.2) is 74.2 Å². The highest BCUT2D eigenvalue weighted by Gasteiger charge is 2.50. The van der Waals surface area contributed by atoms with Gasteiger partial charge in [0.15, 0.2) is 5.01 Å². The fraction of sp³-hybridized carbons (Fsp3) is 0.615. The van der Waals surface area contributed by atoms with Gasteiger partial charge in [-0.3, -0.25) is 9.59 Å². The molecule has 238 valence electrons. The van der Waals surface area contributed by atoms with Gasteiger partial charge in [-0.15, -0.1) is 11.3 Å². The van der Waals surface area contributed by atoms with Gasteiger partial charge in [0, 0.05) is 24.2 Å². The van der Waals surface area contributed by atoms with E-state index in [0.717, 1.165) is 4.90 Å². The van der Waals surface area contributed by atoms with E-state index >= 15 is 0 Å². The fourth-order valence-corrected chi connectivity index (χ4v) is 5.59. The standard InChI is InChI=1S/C26H29F8N5O3S/c1-11-8-24(27,28)10-39(11)22(41)17-18(43-21(38-17)20(40)36-12(2)23(3,4)42)14-9-35-16(7-15(14)25(29,30)31)37-19(13-5-6-13)26(32,33)34/h7,9,11-13,19,42H,5-6,8,10H2,1-4H3,(H,35,37)(H,36,40)/t11-,12+,19-/m0/s1. The molecule has 1 saturated carbocycles. The molecule has 0 unspecified atom stereocenters. The number of hydrogen-bond donors (Lipinski definition) is 3. The van der Waals surface area contributed by atoms with E-state index in [1.807, 2.05) is 5.32 Å². The maximum Gasteiger partial charge on any atom is 0.417 e. The van der Waals surface area contributed by atoms with E-state index < -0.39 is 105 Å². The van der Waals surface area contributed by atoms with Gasteiger partial charge in [-0.2, -0.15) is 26.3 Å². The van der Waals surface area contributed by atoms with E-state index in [1.54, 1.807) is 0 Å². The molecule has 3 heterocycles. The van der Waals surface area contributed by atoms with E-state index in [2.05, 4.69) is 15.3 Å². The Hall–Kier alpha value is -3.08. The van der Waals surface area contributed by atoms with Gasteiger partial charge in [-0.05, 0) is 52.5 Å². The summed E-state index contributed by atoms with van der Waals surface area (Å²) in [6, 6.07) is -3.65. The molecule has 2 aromatic rings. The van der Waals surface area contributed by atoms with Crippen LogP contribution in [0.15, 0.2) is 12.3 Å². The Bertz CT molecular complexity index is 1380. The number of thiazole rings is 1. The minimum Gasteiger partial charge on any atom is -0.388 e. The number of likely N-dealkylation sites (tertiary alicyclic amines) is 1. The van der Waals surface area contributed by atoms with Crippen LogP contribution in [0.1, 0.15) is 72.8 Å². The molecule has 0 aromatic carbocycles. The number of aromatic nitrogens is 2. The van der Waals surface area contributed by atoms with Crippen LogP contribution >= 0.6 is 11.3 Å². The molecule has 2 amide bonds. The molecule has 17 heteroatoms. The first-order valence-electron chi connectivity index (χ1n) is 13.2. The molecule has 43 heavy (non-hydrogen) atoms. The Morgan fingerprint density at radius 2 is 1.79 bits per heavy atom. The maximum atomic E-state index is 14.3. The molecule has 8 nitrogen and oxygen atoms in total. The van der Waals surface area contributed by atoms with Crippen molar-refractivity contribution in [2.24, 2.45) is 5.92 Å². The Balaban J connectivity index is 1.81. The van der Waals surface area contributed by atoms with Gasteiger partial charge in [0.05, 0.1) is 28.6 Å². The van der Waals surface area contributed by atoms with Crippen molar-refractivity contribution in [3.8, 4) is 10.4 Å². The molecular formula is C26H29F8N5O3S. The number of carbonyl (C=O) groups excluding carboxylic acids is 2. The molecule has 1 aliphatic carbocycles. The minimum absolute atomic E-state index is 0.235. The summed E-state index contributed by atoms with van der Waals surface area (Å²) in [7, 11) is 0. The number of nitrogens with one attached hydrogen (secondary N) is 2. The summed E-state index contributed by atoms with van der Waals surface area (Å²) in [6.07, 6.45) is -9.55. The summed E-state index contributed by atoms with van der Waals surface area (Å²) in [5.41, 5.74) is -4.40. The Morgan fingerprint density at radius 3 is 2.28 bits per heavy atom. The molecule has 3 atom stereocenters. The predicted molar refractivity (Wildman–Crippen MR) is 140 cm³/mol. The van der Waals surface area contributed by atoms with Crippen LogP contribution in [0.5, 0.6) is 0 Å². The maximum absolute atomic E-state index is 14.3. The molecule has 1 aliphatic heterocycles. The molecule has 0 spiro atoms. The van der Waals surface area contributed by atoms with E-state index in [1.165, 1.54) is 27.7 Å². The van der Waals surface area contributed by atoms with Crippen LogP contribution in [0.3, 0.4) is 0 Å². The average Bonchev–Trinajstić information content (AvgIpc) is 3.52. The van der Waals surface area contributed by atoms with E-state index in [-0.39, 0.29) is 12.8 Å². The van der Waals surface area contributed by atoms with Crippen molar-refractivity contribution in [3.05, 3.63) is 28.5 Å². The van der Waals surface area contributed by atoms with Gasteiger partial charge in [0.25, 0.3) is 17.7 Å². The van der Waals surface area contributed by atoms with Gasteiger partial charge in [-0.25, -0.2) is 18.7 Å². The molecule has 2 aromatic heterocycles. The van der Waals surface area contributed by atoms with Crippen molar-refractivity contribution in [2.45, 2.75) is 89.0 Å². The second kappa shape index (κ2) is 11.1. The number of rotatable bonds is 8. The number of carbonyl (C=O) groups is 2. The first-order chi connectivity index (χ1) is 19.6. The van der Waals surface area contributed by atoms with Crippen LogP contribution in [0.25, 0.3) is 10.4 Å². The summed E-state index contributed by atoms with van der Waals surface area (Å²) in [5.74, 6) is -6.93. The number of pyridine rings is 1. The molecule has 4 rings (SSSR count). The zero-order chi connectivity index (χ0) is 32.3. The lowest BCUT2D eigenvalue weighted by atomic mass is 10.0. The SMILES string of the molecule is C[C@H]1CC(F)(F)CN1C(=O)c1nc(C(=O)N[C@H](C)C(C)(C)O)sc1-c1cnc(N[C@@H](C2CC2)C(F)(F)F)cc1C(F)(F)F. The normalized spacial score (nSPS) is 20.6. The Morgan fingerprint density at radius 1 is 1.16 bits per heavy atom. The van der Waals surface area contributed by atoms with Crippen molar-refractivity contribution >= 4 is 29.0 Å². The average molecular weight is 644 g/mol. The predicted octanol–water partition coefficient (Wildman–Crippen LogP) is 5.74. The van der Waals surface area contributed by atoms with Crippen LogP contribution < -0.4 is 10.6 Å². The van der Waals surface area contributed by atoms with Gasteiger partial charge < -0.3 is 20.6 Å². The minimum atomic E-state index is -5.17. The van der Waals surface area contributed by atoms with Crippen molar-refractivity contribution in [1.29, 1.82) is 0 Å². The third-order valence-corrected chi connectivity index (χ3v) is 8.51. The number of hydrogen-bond acceptors (Lipinski definition) is 7. The van der Waals surface area contributed by atoms with E-state index in [4.69, 9.17) is 0 Å². The summed E-state index contributed by atoms with van der Waals surface area (Å²) in [4.78, 5) is 34.3. The molecular weight excluding hydrogens is 614 g/mol. The highest BCUT2D eigenvalue weighted by atomic mass is 32.1. The number of amides is 2. The molecule has 2 fully saturated rings. The monoisotopic (exact) mass is 643 g/mol. The van der Waals surface area contributed by atoms with Crippen LogP contribution in [0, 0.1) is 5.92 Å². The lowest BCUT2D eigenvalue weighted by Crippen LogP contribution is -2.47. The molecule has 2 aliphatic rings. The van der Waals surface area contributed by atoms with Gasteiger partial charge in [-0.1, -0.05) is 0 Å². The van der Waals surface area contributed by atoms with Gasteiger partial charge >= 0.3 is 12.4 Å². The number of aliphatic hydroxyl groups is 1. The lowest BCUT2D eigenvalue weighted by Gasteiger charge is -2.26. The summed E-state index contributed by atoms with van der Waals surface area (Å²) < 4.78 is 112. The third-order valence-electron chi connectivity index (χ3n) is 7.42. The topological polar surface area (TPSA) is 107 Å².